The molecule has 0 N–H and O–H groups in total. The Morgan fingerprint density at radius 1 is 0.130 bits per heavy atom. The predicted octanol–water partition coefficient (Wildman–Crippen LogP) is 27.3. The molecule has 21 rings (SSSR count). The highest BCUT2D eigenvalue weighted by Crippen LogP contribution is 2.33. The minimum Gasteiger partial charge on any atom is -0.200 e. The third kappa shape index (κ3) is 15.9. The van der Waals surface area contributed by atoms with Gasteiger partial charge >= 0.3 is 0 Å². The quantitative estimate of drug-likeness (QED) is 0.0497. The SMILES string of the molecule is CCCC[B-](c1ccc(-c2ccccc2)cc1)(c1ccc(-c2ccccc2)cc1)c1ccc(-c2ccccc2)cc1.CCCC[B-](c1ccc2cc3ccccc3cc2c1)(c1ccc2cc3ccccc3cc2c1)c1ccc2cc3ccccc3cc2c1.CCCC[B-](c1ccc2ccccc2c1)(c1ccc2ccccc2c1)c1ccc2ccccc2c1. The molecule has 594 valence electrons. The van der Waals surface area contributed by atoms with Gasteiger partial charge in [-0.05, 0) is 167 Å². The molecular weight excluding hydrogens is 1470 g/mol. The Bertz CT molecular complexity index is 6620. The van der Waals surface area contributed by atoms with E-state index in [1.165, 1.54) is 199 Å². The first kappa shape index (κ1) is 79.0. The lowest BCUT2D eigenvalue weighted by Crippen LogP contribution is -2.67. The molecular formula is C120H102B3-3. The number of benzene rings is 21. The summed E-state index contributed by atoms with van der Waals surface area (Å²) in [4.78, 5) is 0. The van der Waals surface area contributed by atoms with Crippen molar-refractivity contribution >= 4 is 165 Å². The lowest BCUT2D eigenvalue weighted by Gasteiger charge is -2.44. The van der Waals surface area contributed by atoms with Crippen LogP contribution in [0.15, 0.2) is 455 Å². The van der Waals surface area contributed by atoms with E-state index in [9.17, 15) is 0 Å². The standard InChI is InChI=1S/C46H36B.C40H36B.C34H30B/c1-2-3-22-47(44-19-16-38-23-32-10-4-7-13-35(32)26-41(38)29-44,45-20-17-39-24-33-11-5-8-14-36(33)27-42(39)30-45)46-21-18-40-25-34-12-6-9-15-37(34)28-43(40)31-46;1-2-3-31-41(38-25-19-35(20-26-38)32-13-7-4-8-14-32,39-27-21-36(22-28-39)33-15-9-5-10-16-33)40-29-23-37(24-30-40)34-17-11-6-12-18-34;1-2-3-22-35(32-19-16-26-10-4-7-13-29(26)23-32,33-20-17-27-11-5-8-14-30(27)24-33)34-21-18-28-12-6-9-15-31(28)25-34/h4-21,23-31H,2-3,22H2,1H3;4-30H,2-3,31H2,1H3;4-21,23-25H,2-3,22H2,1H3/q3*-1. The average molecular weight is 1580 g/mol. The van der Waals surface area contributed by atoms with Crippen molar-refractivity contribution in [2.24, 2.45) is 0 Å². The predicted molar refractivity (Wildman–Crippen MR) is 545 cm³/mol. The summed E-state index contributed by atoms with van der Waals surface area (Å²) in [5.74, 6) is 0. The molecule has 0 saturated carbocycles. The van der Waals surface area contributed by atoms with Crippen molar-refractivity contribution in [3.8, 4) is 33.4 Å². The van der Waals surface area contributed by atoms with E-state index in [0.717, 1.165) is 38.2 Å². The van der Waals surface area contributed by atoms with Gasteiger partial charge in [-0.3, -0.25) is 0 Å². The van der Waals surface area contributed by atoms with E-state index in [4.69, 9.17) is 0 Å². The van der Waals surface area contributed by atoms with Crippen LogP contribution in [0.25, 0.3) is 130 Å². The molecule has 0 nitrogen and oxygen atoms in total. The zero-order chi connectivity index (χ0) is 82.9. The third-order valence-corrected chi connectivity index (χ3v) is 27.7. The Morgan fingerprint density at radius 3 is 0.512 bits per heavy atom. The van der Waals surface area contributed by atoms with Gasteiger partial charge in [-0.15, -0.1) is 0 Å². The number of hydrogen-bond acceptors (Lipinski definition) is 0. The van der Waals surface area contributed by atoms with Crippen molar-refractivity contribution in [2.45, 2.75) is 78.3 Å². The van der Waals surface area contributed by atoms with E-state index >= 15 is 0 Å². The molecule has 21 aromatic rings. The van der Waals surface area contributed by atoms with Gasteiger partial charge in [-0.1, -0.05) is 478 Å². The normalized spacial score (nSPS) is 11.8. The molecule has 0 aliphatic rings. The number of unbranched alkanes of at least 4 members (excludes halogenated alkanes) is 3. The molecule has 0 heterocycles. The summed E-state index contributed by atoms with van der Waals surface area (Å²) in [5.41, 5.74) is 20.3. The molecule has 0 aromatic heterocycles. The van der Waals surface area contributed by atoms with Crippen molar-refractivity contribution in [1.29, 1.82) is 0 Å². The summed E-state index contributed by atoms with van der Waals surface area (Å²) in [6.07, 6.45) is 6.69. The fourth-order valence-electron chi connectivity index (χ4n) is 21.0. The first-order valence-corrected chi connectivity index (χ1v) is 45.0. The Morgan fingerprint density at radius 2 is 0.285 bits per heavy atom. The van der Waals surface area contributed by atoms with Crippen molar-refractivity contribution in [1.82, 2.24) is 0 Å². The molecule has 3 heteroatoms. The van der Waals surface area contributed by atoms with Gasteiger partial charge < -0.3 is 0 Å². The maximum atomic E-state index is 2.51. The second kappa shape index (κ2) is 35.5. The maximum absolute atomic E-state index is 2.51. The molecule has 0 spiro atoms. The summed E-state index contributed by atoms with van der Waals surface area (Å²) in [7, 11) is 0. The molecule has 0 aliphatic heterocycles. The van der Waals surface area contributed by atoms with Crippen LogP contribution in [0.1, 0.15) is 59.3 Å². The molecule has 0 saturated heterocycles. The highest BCUT2D eigenvalue weighted by molar-refractivity contribution is 7.13. The van der Waals surface area contributed by atoms with Gasteiger partial charge in [0.25, 0.3) is 0 Å². The van der Waals surface area contributed by atoms with Gasteiger partial charge in [0.15, 0.2) is 0 Å². The zero-order valence-corrected chi connectivity index (χ0v) is 70.9. The fraction of sp³-hybridized carbons (Fsp3) is 0.100. The molecule has 123 heavy (non-hydrogen) atoms. The van der Waals surface area contributed by atoms with Gasteiger partial charge in [-0.25, -0.2) is 0 Å². The van der Waals surface area contributed by atoms with Crippen LogP contribution < -0.4 is 49.2 Å². The summed E-state index contributed by atoms with van der Waals surface area (Å²) in [5, 5.41) is 23.4. The van der Waals surface area contributed by atoms with E-state index in [0.29, 0.717) is 0 Å². The van der Waals surface area contributed by atoms with Crippen LogP contribution in [0, 0.1) is 0 Å². The Balaban J connectivity index is 0.000000123. The lowest BCUT2D eigenvalue weighted by atomic mass is 9.14. The average Bonchev–Trinajstić information content (AvgIpc) is 0.747. The molecule has 0 fully saturated rings. The van der Waals surface area contributed by atoms with Crippen molar-refractivity contribution < 1.29 is 0 Å². The van der Waals surface area contributed by atoms with Crippen LogP contribution in [-0.2, 0) is 0 Å². The van der Waals surface area contributed by atoms with Crippen LogP contribution in [0.2, 0.25) is 19.0 Å². The van der Waals surface area contributed by atoms with Gasteiger partial charge in [0.05, 0.1) is 18.4 Å². The maximum Gasteiger partial charge on any atom is 0.0815 e. The Kier molecular flexibility index (Phi) is 22.8. The molecule has 0 aliphatic carbocycles. The Labute approximate surface area is 726 Å². The Hall–Kier alpha value is -13.8. The molecule has 0 bridgehead atoms. The third-order valence-electron chi connectivity index (χ3n) is 27.7. The minimum atomic E-state index is -1.30. The van der Waals surface area contributed by atoms with E-state index in [1.54, 1.807) is 0 Å². The molecule has 21 aromatic carbocycles. The molecule has 0 atom stereocenters. The number of hydrogen-bond donors (Lipinski definition) is 0. The highest BCUT2D eigenvalue weighted by atomic mass is 14.2. The minimum absolute atomic E-state index is 1.09. The number of fused-ring (bicyclic) bond motifs is 9. The monoisotopic (exact) mass is 1580 g/mol. The largest absolute Gasteiger partial charge is 0.200 e. The lowest BCUT2D eigenvalue weighted by molar-refractivity contribution is 0.874. The number of rotatable bonds is 21. The van der Waals surface area contributed by atoms with Crippen LogP contribution in [-0.4, -0.2) is 18.4 Å². The summed E-state index contributed by atoms with van der Waals surface area (Å²) < 4.78 is 0. The van der Waals surface area contributed by atoms with Crippen LogP contribution >= 0.6 is 0 Å². The fourth-order valence-corrected chi connectivity index (χ4v) is 21.0. The van der Waals surface area contributed by atoms with E-state index in [1.807, 2.05) is 0 Å². The van der Waals surface area contributed by atoms with E-state index in [2.05, 4.69) is 476 Å². The highest BCUT2D eigenvalue weighted by Gasteiger charge is 2.34. The summed E-state index contributed by atoms with van der Waals surface area (Å²) >= 11 is 0. The summed E-state index contributed by atoms with van der Waals surface area (Å²) in [6, 6.07) is 170. The molecule has 0 amide bonds. The van der Waals surface area contributed by atoms with Crippen molar-refractivity contribution in [3.63, 3.8) is 0 Å². The van der Waals surface area contributed by atoms with Gasteiger partial charge in [0.1, 0.15) is 0 Å². The topological polar surface area (TPSA) is 0 Å². The van der Waals surface area contributed by atoms with Crippen molar-refractivity contribution in [3.05, 3.63) is 455 Å². The van der Waals surface area contributed by atoms with Crippen molar-refractivity contribution in [2.75, 3.05) is 0 Å². The second-order valence-electron chi connectivity index (χ2n) is 34.8. The first-order chi connectivity index (χ1) is 60.7. The van der Waals surface area contributed by atoms with E-state index < -0.39 is 18.4 Å². The van der Waals surface area contributed by atoms with Crippen LogP contribution in [0.5, 0.6) is 0 Å². The van der Waals surface area contributed by atoms with Crippen LogP contribution in [0.3, 0.4) is 0 Å². The summed E-state index contributed by atoms with van der Waals surface area (Å²) in [6.45, 7) is 6.94. The van der Waals surface area contributed by atoms with E-state index in [-0.39, 0.29) is 0 Å². The smallest absolute Gasteiger partial charge is 0.0815 e. The second-order valence-corrected chi connectivity index (χ2v) is 34.8. The molecule has 0 radical (unpaired) electrons. The van der Waals surface area contributed by atoms with Crippen LogP contribution in [0.4, 0.5) is 0 Å². The van der Waals surface area contributed by atoms with Gasteiger partial charge in [0.2, 0.25) is 0 Å². The zero-order valence-electron chi connectivity index (χ0n) is 70.9. The van der Waals surface area contributed by atoms with Gasteiger partial charge in [0, 0.05) is 0 Å². The van der Waals surface area contributed by atoms with Gasteiger partial charge in [-0.2, -0.15) is 68.1 Å². The molecule has 0 unspecified atom stereocenters. The first-order valence-electron chi connectivity index (χ1n) is 45.0.